The van der Waals surface area contributed by atoms with Crippen molar-refractivity contribution in [3.8, 4) is 0 Å². The molecule has 0 saturated heterocycles. The molecule has 1 N–H and O–H groups in total. The first kappa shape index (κ1) is 18.0. The molecular formula is C22H21N5OS. The average Bonchev–Trinajstić information content (AvgIpc) is 3.43. The Hall–Kier alpha value is -3.06. The van der Waals surface area contributed by atoms with Crippen LogP contribution in [0.15, 0.2) is 65.8 Å². The molecule has 5 rings (SSSR count). The molecule has 0 spiro atoms. The second-order valence-corrected chi connectivity index (χ2v) is 8.31. The topological polar surface area (TPSA) is 66.8 Å². The van der Waals surface area contributed by atoms with E-state index in [1.54, 1.807) is 11.9 Å². The number of fused-ring (bicyclic) bond motifs is 2. The number of aromatic amines is 1. The van der Waals surface area contributed by atoms with Gasteiger partial charge in [-0.1, -0.05) is 43.3 Å². The van der Waals surface area contributed by atoms with E-state index < -0.39 is 0 Å². The van der Waals surface area contributed by atoms with Crippen molar-refractivity contribution in [1.29, 1.82) is 0 Å². The molecule has 0 bridgehead atoms. The Labute approximate surface area is 173 Å². The number of H-pyrrole nitrogens is 1. The van der Waals surface area contributed by atoms with E-state index in [1.165, 1.54) is 0 Å². The summed E-state index contributed by atoms with van der Waals surface area (Å²) in [6, 6.07) is 16.2. The van der Waals surface area contributed by atoms with Crippen LogP contribution in [-0.2, 0) is 17.9 Å². The number of carbonyl (C=O) groups is 1. The molecule has 1 atom stereocenters. The van der Waals surface area contributed by atoms with Gasteiger partial charge in [0.1, 0.15) is 0 Å². The van der Waals surface area contributed by atoms with E-state index in [2.05, 4.69) is 29.3 Å². The maximum atomic E-state index is 13.1. The Morgan fingerprint density at radius 2 is 2.07 bits per heavy atom. The number of hydrogen-bond acceptors (Lipinski definition) is 4. The Morgan fingerprint density at radius 1 is 1.21 bits per heavy atom. The van der Waals surface area contributed by atoms with Gasteiger partial charge in [-0.25, -0.2) is 4.09 Å². The van der Waals surface area contributed by atoms with Gasteiger partial charge < -0.3 is 4.90 Å². The smallest absolute Gasteiger partial charge is 0.230 e. The molecule has 1 amide bonds. The van der Waals surface area contributed by atoms with Crippen molar-refractivity contribution in [3.05, 3.63) is 77.7 Å². The first-order valence-corrected chi connectivity index (χ1v) is 10.5. The third-order valence-electron chi connectivity index (χ3n) is 5.39. The number of benzene rings is 2. The summed E-state index contributed by atoms with van der Waals surface area (Å²) in [5.74, 6) is 0.0865. The number of carbonyl (C=O) groups excluding carboxylic acids is 1. The molecule has 0 saturated carbocycles. The highest BCUT2D eigenvalue weighted by molar-refractivity contribution is 7.97. The van der Waals surface area contributed by atoms with Crippen LogP contribution in [0.25, 0.3) is 10.9 Å². The summed E-state index contributed by atoms with van der Waals surface area (Å²) in [7, 11) is 0. The fourth-order valence-corrected chi connectivity index (χ4v) is 4.70. The molecule has 7 heteroatoms. The summed E-state index contributed by atoms with van der Waals surface area (Å²) in [5, 5.41) is 12.9. The summed E-state index contributed by atoms with van der Waals surface area (Å²) in [6.07, 6.45) is 4.65. The van der Waals surface area contributed by atoms with E-state index in [0.717, 1.165) is 39.0 Å². The van der Waals surface area contributed by atoms with E-state index in [4.69, 9.17) is 5.10 Å². The highest BCUT2D eigenvalue weighted by Crippen LogP contribution is 2.30. The molecule has 2 aromatic carbocycles. The van der Waals surface area contributed by atoms with Gasteiger partial charge in [-0.2, -0.15) is 10.2 Å². The van der Waals surface area contributed by atoms with Gasteiger partial charge in [0.25, 0.3) is 0 Å². The number of amides is 1. The Bertz CT molecular complexity index is 1140. The van der Waals surface area contributed by atoms with Crippen LogP contribution in [0.1, 0.15) is 36.1 Å². The number of nitrogens with one attached hydrogen (secondary N) is 1. The lowest BCUT2D eigenvalue weighted by molar-refractivity contribution is -0.133. The van der Waals surface area contributed by atoms with Gasteiger partial charge in [0.05, 0.1) is 29.9 Å². The van der Waals surface area contributed by atoms with E-state index in [-0.39, 0.29) is 11.8 Å². The predicted molar refractivity (Wildman–Crippen MR) is 113 cm³/mol. The standard InChI is InChI=1S/C22H21N5OS/c1-2-19(15-6-4-3-5-7-15)22(28)26-12-17-13-27(25-21(17)14-26)29-18-9-8-16-11-23-24-20(16)10-18/h3-11,13,19H,2,12,14H2,1H3,(H,23,24). The lowest BCUT2D eigenvalue weighted by Crippen LogP contribution is -2.31. The normalized spacial score (nSPS) is 14.3. The zero-order valence-electron chi connectivity index (χ0n) is 16.1. The first-order valence-electron chi connectivity index (χ1n) is 9.74. The second-order valence-electron chi connectivity index (χ2n) is 7.28. The van der Waals surface area contributed by atoms with Crippen LogP contribution in [0.2, 0.25) is 0 Å². The first-order chi connectivity index (χ1) is 14.2. The SMILES string of the molecule is CCC(C(=O)N1Cc2cn(Sc3ccc4cn[nH]c4c3)nc2C1)c1ccccc1. The highest BCUT2D eigenvalue weighted by atomic mass is 32.2. The molecule has 1 unspecified atom stereocenters. The number of aromatic nitrogens is 4. The average molecular weight is 404 g/mol. The van der Waals surface area contributed by atoms with E-state index in [1.807, 2.05) is 57.8 Å². The van der Waals surface area contributed by atoms with Gasteiger partial charge in [-0.05, 0) is 24.1 Å². The highest BCUT2D eigenvalue weighted by Gasteiger charge is 2.31. The maximum absolute atomic E-state index is 13.1. The molecule has 0 fully saturated rings. The second kappa shape index (κ2) is 7.40. The van der Waals surface area contributed by atoms with Crippen LogP contribution >= 0.6 is 11.9 Å². The van der Waals surface area contributed by atoms with Crippen molar-refractivity contribution in [1.82, 2.24) is 24.3 Å². The molecule has 29 heavy (non-hydrogen) atoms. The van der Waals surface area contributed by atoms with Crippen molar-refractivity contribution < 1.29 is 4.79 Å². The minimum absolute atomic E-state index is 0.0946. The zero-order chi connectivity index (χ0) is 19.8. The number of nitrogens with zero attached hydrogens (tertiary/aromatic N) is 4. The Morgan fingerprint density at radius 3 is 2.86 bits per heavy atom. The number of hydrogen-bond donors (Lipinski definition) is 1. The Balaban J connectivity index is 1.29. The van der Waals surface area contributed by atoms with Crippen molar-refractivity contribution in [2.45, 2.75) is 37.2 Å². The molecule has 6 nitrogen and oxygen atoms in total. The molecule has 146 valence electrons. The van der Waals surface area contributed by atoms with Crippen LogP contribution in [0.3, 0.4) is 0 Å². The van der Waals surface area contributed by atoms with E-state index >= 15 is 0 Å². The minimum atomic E-state index is -0.0946. The fraction of sp³-hybridized carbons (Fsp3) is 0.227. The molecule has 1 aliphatic rings. The molecule has 4 aromatic rings. The monoisotopic (exact) mass is 403 g/mol. The van der Waals surface area contributed by atoms with Crippen molar-refractivity contribution >= 4 is 28.8 Å². The quantitative estimate of drug-likeness (QED) is 0.538. The number of rotatable bonds is 5. The van der Waals surface area contributed by atoms with Crippen LogP contribution < -0.4 is 0 Å². The molecular weight excluding hydrogens is 382 g/mol. The minimum Gasteiger partial charge on any atom is -0.332 e. The molecule has 0 aliphatic carbocycles. The van der Waals surface area contributed by atoms with Crippen molar-refractivity contribution in [3.63, 3.8) is 0 Å². The third kappa shape index (κ3) is 3.42. The summed E-state index contributed by atoms with van der Waals surface area (Å²) < 4.78 is 1.89. The summed E-state index contributed by atoms with van der Waals surface area (Å²) in [4.78, 5) is 16.1. The molecule has 2 aromatic heterocycles. The van der Waals surface area contributed by atoms with E-state index in [9.17, 15) is 4.79 Å². The zero-order valence-corrected chi connectivity index (χ0v) is 16.9. The van der Waals surface area contributed by atoms with E-state index in [0.29, 0.717) is 13.1 Å². The Kier molecular flexibility index (Phi) is 4.60. The molecule has 1 aliphatic heterocycles. The van der Waals surface area contributed by atoms with Crippen LogP contribution in [0.5, 0.6) is 0 Å². The lowest BCUT2D eigenvalue weighted by Gasteiger charge is -2.22. The molecule has 3 heterocycles. The predicted octanol–water partition coefficient (Wildman–Crippen LogP) is 4.35. The largest absolute Gasteiger partial charge is 0.332 e. The van der Waals surface area contributed by atoms with Gasteiger partial charge in [0.2, 0.25) is 5.91 Å². The summed E-state index contributed by atoms with van der Waals surface area (Å²) in [5.41, 5.74) is 4.20. The fourth-order valence-electron chi connectivity index (χ4n) is 3.87. The maximum Gasteiger partial charge on any atom is 0.230 e. The van der Waals surface area contributed by atoms with Gasteiger partial charge in [-0.15, -0.1) is 0 Å². The van der Waals surface area contributed by atoms with Gasteiger partial charge in [0.15, 0.2) is 0 Å². The third-order valence-corrected chi connectivity index (χ3v) is 6.23. The summed E-state index contributed by atoms with van der Waals surface area (Å²) >= 11 is 1.56. The summed E-state index contributed by atoms with van der Waals surface area (Å²) in [6.45, 7) is 3.26. The van der Waals surface area contributed by atoms with Crippen molar-refractivity contribution in [2.24, 2.45) is 0 Å². The van der Waals surface area contributed by atoms with Crippen LogP contribution in [0.4, 0.5) is 0 Å². The molecule has 0 radical (unpaired) electrons. The van der Waals surface area contributed by atoms with Crippen molar-refractivity contribution in [2.75, 3.05) is 0 Å². The van der Waals surface area contributed by atoms with Crippen LogP contribution in [-0.4, -0.2) is 30.2 Å². The van der Waals surface area contributed by atoms with Crippen LogP contribution in [0, 0.1) is 0 Å². The lowest BCUT2D eigenvalue weighted by atomic mass is 9.95. The van der Waals surface area contributed by atoms with Gasteiger partial charge in [0, 0.05) is 40.5 Å². The van der Waals surface area contributed by atoms with Gasteiger partial charge >= 0.3 is 0 Å². The van der Waals surface area contributed by atoms with Gasteiger partial charge in [-0.3, -0.25) is 9.89 Å².